The molecule has 1 rings (SSSR count). The molecule has 0 amide bonds. The number of sulfonamides is 1. The summed E-state index contributed by atoms with van der Waals surface area (Å²) in [4.78, 5) is -0.403. The van der Waals surface area contributed by atoms with Crippen LogP contribution in [-0.2, 0) is 10.0 Å². The van der Waals surface area contributed by atoms with E-state index in [1.54, 1.807) is 6.92 Å². The SMILES string of the molecule is CC(CN(C)S(=O)(=O)c1ccc(Cl)c(F)c1Cl)/C(N)=N/O. The van der Waals surface area contributed by atoms with E-state index in [-0.39, 0.29) is 17.4 Å². The standard InChI is InChI=1S/C11H14Cl2FN3O3S/c1-6(11(15)16-18)5-17(2)21(19,20)8-4-3-7(12)10(14)9(8)13/h3-4,6,18H,5H2,1-2H3,(H2,15,16). The Balaban J connectivity index is 3.15. The van der Waals surface area contributed by atoms with Gasteiger partial charge in [0.25, 0.3) is 0 Å². The van der Waals surface area contributed by atoms with E-state index in [1.165, 1.54) is 7.05 Å². The van der Waals surface area contributed by atoms with Gasteiger partial charge in [-0.15, -0.1) is 0 Å². The third kappa shape index (κ3) is 3.76. The molecule has 1 aromatic carbocycles. The van der Waals surface area contributed by atoms with Gasteiger partial charge < -0.3 is 10.9 Å². The van der Waals surface area contributed by atoms with Gasteiger partial charge in [-0.1, -0.05) is 35.3 Å². The summed E-state index contributed by atoms with van der Waals surface area (Å²) in [7, 11) is -2.76. The van der Waals surface area contributed by atoms with Gasteiger partial charge in [-0.05, 0) is 12.1 Å². The lowest BCUT2D eigenvalue weighted by molar-refractivity contribution is 0.312. The van der Waals surface area contributed by atoms with Crippen LogP contribution in [0.4, 0.5) is 4.39 Å². The van der Waals surface area contributed by atoms with E-state index in [0.29, 0.717) is 0 Å². The summed E-state index contributed by atoms with van der Waals surface area (Å²) in [6.07, 6.45) is 0. The van der Waals surface area contributed by atoms with E-state index in [1.807, 2.05) is 0 Å². The minimum Gasteiger partial charge on any atom is -0.409 e. The number of oxime groups is 1. The summed E-state index contributed by atoms with van der Waals surface area (Å²) in [5.41, 5.74) is 5.40. The zero-order valence-corrected chi connectivity index (χ0v) is 13.5. The average molecular weight is 358 g/mol. The molecule has 0 aliphatic heterocycles. The van der Waals surface area contributed by atoms with Crippen molar-refractivity contribution in [3.8, 4) is 0 Å². The van der Waals surface area contributed by atoms with Crippen LogP contribution in [0.3, 0.4) is 0 Å². The van der Waals surface area contributed by atoms with Gasteiger partial charge >= 0.3 is 0 Å². The molecular formula is C11H14Cl2FN3O3S. The van der Waals surface area contributed by atoms with Crippen molar-refractivity contribution in [2.45, 2.75) is 11.8 Å². The van der Waals surface area contributed by atoms with E-state index in [9.17, 15) is 12.8 Å². The second-order valence-electron chi connectivity index (χ2n) is 4.38. The zero-order chi connectivity index (χ0) is 16.4. The van der Waals surface area contributed by atoms with Crippen LogP contribution in [0.5, 0.6) is 0 Å². The molecule has 6 nitrogen and oxygen atoms in total. The van der Waals surface area contributed by atoms with Gasteiger partial charge in [-0.25, -0.2) is 17.1 Å². The summed E-state index contributed by atoms with van der Waals surface area (Å²) in [5, 5.41) is 10.5. The van der Waals surface area contributed by atoms with Crippen molar-refractivity contribution in [2.24, 2.45) is 16.8 Å². The highest BCUT2D eigenvalue weighted by atomic mass is 35.5. The minimum atomic E-state index is -4.04. The highest BCUT2D eigenvalue weighted by molar-refractivity contribution is 7.89. The Hall–Kier alpha value is -1.09. The highest BCUT2D eigenvalue weighted by Gasteiger charge is 2.28. The predicted octanol–water partition coefficient (Wildman–Crippen LogP) is 2.14. The van der Waals surface area contributed by atoms with Crippen molar-refractivity contribution < 1.29 is 18.0 Å². The second-order valence-corrected chi connectivity index (χ2v) is 7.18. The van der Waals surface area contributed by atoms with Gasteiger partial charge in [0.05, 0.1) is 10.0 Å². The summed E-state index contributed by atoms with van der Waals surface area (Å²) < 4.78 is 39.2. The molecule has 21 heavy (non-hydrogen) atoms. The number of nitrogens with zero attached hydrogens (tertiary/aromatic N) is 2. The maximum atomic E-state index is 13.6. The normalized spacial score (nSPS) is 14.5. The van der Waals surface area contributed by atoms with E-state index in [4.69, 9.17) is 34.1 Å². The summed E-state index contributed by atoms with van der Waals surface area (Å²) in [6.45, 7) is 1.50. The summed E-state index contributed by atoms with van der Waals surface area (Å²) >= 11 is 11.2. The average Bonchev–Trinajstić information content (AvgIpc) is 2.43. The van der Waals surface area contributed by atoms with E-state index < -0.39 is 31.7 Å². The molecule has 10 heteroatoms. The van der Waals surface area contributed by atoms with Crippen molar-refractivity contribution in [1.82, 2.24) is 4.31 Å². The van der Waals surface area contributed by atoms with Crippen molar-refractivity contribution in [3.05, 3.63) is 28.0 Å². The first-order chi connectivity index (χ1) is 9.62. The van der Waals surface area contributed by atoms with Gasteiger partial charge in [0.1, 0.15) is 10.7 Å². The molecule has 0 radical (unpaired) electrons. The Morgan fingerprint density at radius 3 is 2.62 bits per heavy atom. The maximum absolute atomic E-state index is 13.6. The molecule has 0 aliphatic rings. The monoisotopic (exact) mass is 357 g/mol. The van der Waals surface area contributed by atoms with Crippen LogP contribution in [0.25, 0.3) is 0 Å². The second kappa shape index (κ2) is 6.78. The molecule has 0 bridgehead atoms. The number of amidine groups is 1. The molecule has 0 aromatic heterocycles. The quantitative estimate of drug-likeness (QED) is 0.277. The molecule has 0 saturated carbocycles. The van der Waals surface area contributed by atoms with E-state index >= 15 is 0 Å². The van der Waals surface area contributed by atoms with Crippen LogP contribution >= 0.6 is 23.2 Å². The molecule has 1 aromatic rings. The third-order valence-electron chi connectivity index (χ3n) is 2.84. The molecule has 118 valence electrons. The fourth-order valence-corrected chi connectivity index (χ4v) is 3.53. The van der Waals surface area contributed by atoms with Crippen LogP contribution in [0.2, 0.25) is 10.0 Å². The molecule has 0 saturated heterocycles. The lowest BCUT2D eigenvalue weighted by Crippen LogP contribution is -2.36. The number of rotatable bonds is 5. The lowest BCUT2D eigenvalue weighted by Gasteiger charge is -2.21. The highest BCUT2D eigenvalue weighted by Crippen LogP contribution is 2.31. The molecule has 3 N–H and O–H groups in total. The first kappa shape index (κ1) is 18.0. The van der Waals surface area contributed by atoms with Crippen LogP contribution in [0.1, 0.15) is 6.92 Å². The lowest BCUT2D eigenvalue weighted by atomic mass is 10.2. The third-order valence-corrected chi connectivity index (χ3v) is 5.48. The van der Waals surface area contributed by atoms with Crippen LogP contribution < -0.4 is 5.73 Å². The largest absolute Gasteiger partial charge is 0.409 e. The van der Waals surface area contributed by atoms with Gasteiger partial charge in [-0.3, -0.25) is 0 Å². The Bertz CT molecular complexity index is 667. The minimum absolute atomic E-state index is 0.0706. The van der Waals surface area contributed by atoms with E-state index in [0.717, 1.165) is 16.4 Å². The Morgan fingerprint density at radius 1 is 1.52 bits per heavy atom. The zero-order valence-electron chi connectivity index (χ0n) is 11.2. The smallest absolute Gasteiger partial charge is 0.244 e. The fraction of sp³-hybridized carbons (Fsp3) is 0.364. The first-order valence-electron chi connectivity index (χ1n) is 5.70. The van der Waals surface area contributed by atoms with Crippen LogP contribution in [0, 0.1) is 11.7 Å². The summed E-state index contributed by atoms with van der Waals surface area (Å²) in [5.74, 6) is -1.66. The molecule has 0 fully saturated rings. The molecule has 0 aliphatic carbocycles. The van der Waals surface area contributed by atoms with Gasteiger partial charge in [0, 0.05) is 19.5 Å². The first-order valence-corrected chi connectivity index (χ1v) is 7.89. The fourth-order valence-electron chi connectivity index (χ4n) is 1.55. The van der Waals surface area contributed by atoms with Gasteiger partial charge in [-0.2, -0.15) is 0 Å². The Labute approximate surface area is 132 Å². The van der Waals surface area contributed by atoms with Crippen molar-refractivity contribution in [2.75, 3.05) is 13.6 Å². The van der Waals surface area contributed by atoms with Gasteiger partial charge in [0.15, 0.2) is 5.82 Å². The summed E-state index contributed by atoms with van der Waals surface area (Å²) in [6, 6.07) is 2.23. The number of hydrogen-bond donors (Lipinski definition) is 2. The molecule has 1 atom stereocenters. The molecular weight excluding hydrogens is 344 g/mol. The molecule has 0 heterocycles. The maximum Gasteiger partial charge on any atom is 0.244 e. The molecule has 0 spiro atoms. The number of halogens is 3. The van der Waals surface area contributed by atoms with Crippen LogP contribution in [-0.4, -0.2) is 37.4 Å². The Kier molecular flexibility index (Phi) is 5.80. The van der Waals surface area contributed by atoms with Crippen LogP contribution in [0.15, 0.2) is 22.2 Å². The molecule has 1 unspecified atom stereocenters. The number of nitrogens with two attached hydrogens (primary N) is 1. The van der Waals surface area contributed by atoms with Gasteiger partial charge in [0.2, 0.25) is 10.0 Å². The topological polar surface area (TPSA) is 96.0 Å². The number of hydrogen-bond acceptors (Lipinski definition) is 4. The number of benzene rings is 1. The van der Waals surface area contributed by atoms with Crippen molar-refractivity contribution >= 4 is 39.1 Å². The van der Waals surface area contributed by atoms with E-state index in [2.05, 4.69) is 5.16 Å². The predicted molar refractivity (Wildman–Crippen MR) is 78.8 cm³/mol. The Morgan fingerprint density at radius 2 is 2.10 bits per heavy atom. The van der Waals surface area contributed by atoms with Crippen molar-refractivity contribution in [3.63, 3.8) is 0 Å². The van der Waals surface area contributed by atoms with Crippen molar-refractivity contribution in [1.29, 1.82) is 0 Å².